The number of halogens is 3. The number of benzene rings is 1. The molecule has 1 aromatic heterocycles. The van der Waals surface area contributed by atoms with Gasteiger partial charge in [-0.15, -0.1) is 0 Å². The first-order valence-corrected chi connectivity index (χ1v) is 6.70. The van der Waals surface area contributed by atoms with Gasteiger partial charge < -0.3 is 4.74 Å². The van der Waals surface area contributed by atoms with Crippen LogP contribution < -0.4 is 0 Å². The molecule has 0 spiro atoms. The third-order valence-electron chi connectivity index (χ3n) is 3.01. The third-order valence-corrected chi connectivity index (χ3v) is 3.01. The van der Waals surface area contributed by atoms with Crippen molar-refractivity contribution >= 4 is 5.97 Å². The quantitative estimate of drug-likeness (QED) is 0.621. The van der Waals surface area contributed by atoms with Crippen LogP contribution in [-0.2, 0) is 17.3 Å². The van der Waals surface area contributed by atoms with Gasteiger partial charge in [-0.05, 0) is 48.7 Å². The molecular weight excluding hydrogens is 295 g/mol. The second-order valence-corrected chi connectivity index (χ2v) is 4.68. The van der Waals surface area contributed by atoms with Crippen LogP contribution in [0.3, 0.4) is 0 Å². The summed E-state index contributed by atoms with van der Waals surface area (Å²) in [5.74, 6) is -0.625. The Morgan fingerprint density at radius 1 is 1.14 bits per heavy atom. The number of alkyl halides is 3. The molecule has 0 amide bonds. The number of rotatable bonds is 5. The maximum absolute atomic E-state index is 12.4. The first kappa shape index (κ1) is 16.0. The zero-order chi connectivity index (χ0) is 16.0. The maximum Gasteiger partial charge on any atom is 0.416 e. The minimum Gasteiger partial charge on any atom is -0.462 e. The minimum absolute atomic E-state index is 0.106. The molecule has 1 heterocycles. The van der Waals surface area contributed by atoms with Gasteiger partial charge >= 0.3 is 12.1 Å². The van der Waals surface area contributed by atoms with Crippen LogP contribution >= 0.6 is 0 Å². The average Bonchev–Trinajstić information content (AvgIpc) is 2.52. The summed E-state index contributed by atoms with van der Waals surface area (Å²) in [5, 5.41) is 0. The van der Waals surface area contributed by atoms with Gasteiger partial charge in [-0.2, -0.15) is 13.2 Å². The molecule has 0 atom stereocenters. The van der Waals surface area contributed by atoms with Gasteiger partial charge in [-0.3, -0.25) is 4.98 Å². The second kappa shape index (κ2) is 7.06. The molecule has 2 rings (SSSR count). The molecule has 116 valence electrons. The first-order chi connectivity index (χ1) is 10.5. The highest BCUT2D eigenvalue weighted by molar-refractivity contribution is 5.89. The van der Waals surface area contributed by atoms with E-state index < -0.39 is 17.7 Å². The Kier molecular flexibility index (Phi) is 5.14. The molecule has 1 aromatic carbocycles. The van der Waals surface area contributed by atoms with Gasteiger partial charge in [-0.25, -0.2) is 4.79 Å². The number of pyridine rings is 1. The summed E-state index contributed by atoms with van der Waals surface area (Å²) >= 11 is 0. The number of esters is 1. The Bertz CT molecular complexity index is 610. The lowest BCUT2D eigenvalue weighted by molar-refractivity contribution is -0.137. The molecule has 0 saturated heterocycles. The third kappa shape index (κ3) is 4.58. The zero-order valence-corrected chi connectivity index (χ0v) is 11.6. The van der Waals surface area contributed by atoms with Crippen LogP contribution in [0, 0.1) is 0 Å². The van der Waals surface area contributed by atoms with Crippen molar-refractivity contribution in [2.45, 2.75) is 19.0 Å². The van der Waals surface area contributed by atoms with E-state index >= 15 is 0 Å². The van der Waals surface area contributed by atoms with Gasteiger partial charge in [0, 0.05) is 12.4 Å². The minimum atomic E-state index is -4.41. The van der Waals surface area contributed by atoms with Crippen LogP contribution in [0.2, 0.25) is 0 Å². The normalized spacial score (nSPS) is 11.2. The Balaban J connectivity index is 1.80. The molecule has 3 nitrogen and oxygen atoms in total. The van der Waals surface area contributed by atoms with E-state index in [4.69, 9.17) is 4.74 Å². The lowest BCUT2D eigenvalue weighted by Gasteiger charge is -2.08. The van der Waals surface area contributed by atoms with E-state index in [1.54, 1.807) is 12.4 Å². The van der Waals surface area contributed by atoms with Crippen molar-refractivity contribution in [3.05, 3.63) is 65.5 Å². The van der Waals surface area contributed by atoms with Crippen LogP contribution in [0.1, 0.15) is 27.9 Å². The van der Waals surface area contributed by atoms with Crippen LogP contribution in [0.25, 0.3) is 0 Å². The first-order valence-electron chi connectivity index (χ1n) is 6.70. The number of ether oxygens (including phenoxy) is 1. The predicted molar refractivity (Wildman–Crippen MR) is 74.3 cm³/mol. The van der Waals surface area contributed by atoms with Crippen molar-refractivity contribution in [2.24, 2.45) is 0 Å². The molecule has 0 fully saturated rings. The molecule has 0 N–H and O–H groups in total. The van der Waals surface area contributed by atoms with E-state index in [1.807, 2.05) is 12.1 Å². The van der Waals surface area contributed by atoms with E-state index in [1.165, 1.54) is 0 Å². The van der Waals surface area contributed by atoms with Crippen molar-refractivity contribution in [3.8, 4) is 0 Å². The predicted octanol–water partition coefficient (Wildman–Crippen LogP) is 3.89. The van der Waals surface area contributed by atoms with Crippen molar-refractivity contribution < 1.29 is 22.7 Å². The number of carbonyl (C=O) groups excluding carboxylic acids is 1. The molecule has 0 bridgehead atoms. The van der Waals surface area contributed by atoms with Gasteiger partial charge in [0.2, 0.25) is 0 Å². The summed E-state index contributed by atoms with van der Waals surface area (Å²) in [4.78, 5) is 15.7. The largest absolute Gasteiger partial charge is 0.462 e. The molecular formula is C16H14F3NO2. The highest BCUT2D eigenvalue weighted by Crippen LogP contribution is 2.29. The summed E-state index contributed by atoms with van der Waals surface area (Å²) in [7, 11) is 0. The Hall–Kier alpha value is -2.37. The van der Waals surface area contributed by atoms with E-state index in [9.17, 15) is 18.0 Å². The molecule has 0 aliphatic heterocycles. The number of nitrogens with zero attached hydrogens (tertiary/aromatic N) is 1. The number of carbonyl (C=O) groups is 1. The monoisotopic (exact) mass is 309 g/mol. The molecule has 22 heavy (non-hydrogen) atoms. The molecule has 0 radical (unpaired) electrons. The van der Waals surface area contributed by atoms with Gasteiger partial charge in [0.15, 0.2) is 0 Å². The number of hydrogen-bond donors (Lipinski definition) is 0. The summed E-state index contributed by atoms with van der Waals surface area (Å²) in [6.07, 6.45) is 0.337. The van der Waals surface area contributed by atoms with E-state index in [0.29, 0.717) is 12.8 Å². The molecule has 0 unspecified atom stereocenters. The molecule has 2 aromatic rings. The molecule has 0 saturated carbocycles. The highest BCUT2D eigenvalue weighted by atomic mass is 19.4. The molecule has 0 aliphatic carbocycles. The number of aryl methyl sites for hydroxylation is 1. The standard InChI is InChI=1S/C16H14F3NO2/c17-16(18,19)14-7-5-13(6-8-14)15(21)22-10-2-4-12-3-1-9-20-11-12/h1,3,5-9,11H,2,4,10H2. The maximum atomic E-state index is 12.4. The zero-order valence-electron chi connectivity index (χ0n) is 11.6. The van der Waals surface area contributed by atoms with E-state index in [2.05, 4.69) is 4.98 Å². The van der Waals surface area contributed by atoms with Crippen LogP contribution in [0.4, 0.5) is 13.2 Å². The van der Waals surface area contributed by atoms with Crippen molar-refractivity contribution in [2.75, 3.05) is 6.61 Å². The van der Waals surface area contributed by atoms with Gasteiger partial charge in [0.1, 0.15) is 0 Å². The summed E-state index contributed by atoms with van der Waals surface area (Å²) in [5.41, 5.74) is 0.350. The lowest BCUT2D eigenvalue weighted by atomic mass is 10.1. The van der Waals surface area contributed by atoms with Crippen molar-refractivity contribution in [3.63, 3.8) is 0 Å². The van der Waals surface area contributed by atoms with E-state index in [0.717, 1.165) is 29.8 Å². The molecule has 6 heteroatoms. The Labute approximate surface area is 125 Å². The van der Waals surface area contributed by atoms with Gasteiger partial charge in [-0.1, -0.05) is 6.07 Å². The molecule has 0 aliphatic rings. The fourth-order valence-corrected chi connectivity index (χ4v) is 1.87. The second-order valence-electron chi connectivity index (χ2n) is 4.68. The van der Waals surface area contributed by atoms with Crippen molar-refractivity contribution in [1.82, 2.24) is 4.98 Å². The summed E-state index contributed by atoms with van der Waals surface area (Å²) in [6.45, 7) is 0.203. The summed E-state index contributed by atoms with van der Waals surface area (Å²) < 4.78 is 42.3. The Morgan fingerprint density at radius 2 is 1.86 bits per heavy atom. The van der Waals surface area contributed by atoms with Gasteiger partial charge in [0.25, 0.3) is 0 Å². The number of hydrogen-bond acceptors (Lipinski definition) is 3. The Morgan fingerprint density at radius 3 is 2.45 bits per heavy atom. The lowest BCUT2D eigenvalue weighted by Crippen LogP contribution is -2.09. The van der Waals surface area contributed by atoms with Crippen molar-refractivity contribution in [1.29, 1.82) is 0 Å². The topological polar surface area (TPSA) is 39.2 Å². The fraction of sp³-hybridized carbons (Fsp3) is 0.250. The number of aromatic nitrogens is 1. The average molecular weight is 309 g/mol. The summed E-state index contributed by atoms with van der Waals surface area (Å²) in [6, 6.07) is 7.71. The SMILES string of the molecule is O=C(OCCCc1cccnc1)c1ccc(C(F)(F)F)cc1. The van der Waals surface area contributed by atoms with Crippen LogP contribution in [0.5, 0.6) is 0 Å². The smallest absolute Gasteiger partial charge is 0.416 e. The fourth-order valence-electron chi connectivity index (χ4n) is 1.87. The van der Waals surface area contributed by atoms with Crippen LogP contribution in [0.15, 0.2) is 48.8 Å². The van der Waals surface area contributed by atoms with E-state index in [-0.39, 0.29) is 12.2 Å². The highest BCUT2D eigenvalue weighted by Gasteiger charge is 2.30. The van der Waals surface area contributed by atoms with Crippen LogP contribution in [-0.4, -0.2) is 17.6 Å². The van der Waals surface area contributed by atoms with Gasteiger partial charge in [0.05, 0.1) is 17.7 Å².